The molecule has 8 bridgehead atoms. The van der Waals surface area contributed by atoms with Gasteiger partial charge in [0.1, 0.15) is 0 Å². The summed E-state index contributed by atoms with van der Waals surface area (Å²) in [5, 5.41) is 0. The predicted molar refractivity (Wildman–Crippen MR) is 174 cm³/mol. The van der Waals surface area contributed by atoms with Crippen molar-refractivity contribution in [1.82, 2.24) is 19.5 Å². The summed E-state index contributed by atoms with van der Waals surface area (Å²) in [6, 6.07) is 4.45. The minimum Gasteiger partial charge on any atom is -1.00 e. The third-order valence-corrected chi connectivity index (χ3v) is 8.86. The molecule has 8 heteroatoms. The molecule has 0 aromatic carbocycles. The van der Waals surface area contributed by atoms with Crippen LogP contribution >= 0.6 is 0 Å². The summed E-state index contributed by atoms with van der Waals surface area (Å²) < 4.78 is 2.57. The Morgan fingerprint density at radius 1 is 0.568 bits per heavy atom. The third kappa shape index (κ3) is 6.74. The molecule has 5 rings (SSSR count). The molecule has 0 atom stereocenters. The second-order valence-electron chi connectivity index (χ2n) is 10.8. The van der Waals surface area contributed by atoms with Gasteiger partial charge in [0.2, 0.25) is 0 Å². The molecule has 0 fully saturated rings. The van der Waals surface area contributed by atoms with Crippen LogP contribution in [0.1, 0.15) is 118 Å². The molecular weight excluding hydrogens is 651 g/mol. The molecule has 3 aromatic heterocycles. The number of nitrogens with one attached hydrogen (secondary N) is 1. The van der Waals surface area contributed by atoms with E-state index in [1.807, 2.05) is 0 Å². The van der Waals surface area contributed by atoms with Crippen LogP contribution in [0.25, 0.3) is 45.9 Å². The predicted octanol–water partition coefficient (Wildman–Crippen LogP) is 0.313. The molecule has 4 nitrogen and oxygen atoms in total. The monoisotopic (exact) mass is 695 g/mol. The number of halogens is 3. The molecule has 2 aliphatic rings. The average Bonchev–Trinajstić information content (AvgIpc) is 3.73. The third-order valence-electron chi connectivity index (χ3n) is 8.86. The standard InChI is InChI=1S/C36H46N4.3ClH.Fe/c1-9-22-19-25-20-23-17-18-24(37-23)21-32-26(10-2)29(13-5)36(40(32)16-8)31(15-7)35-28(12-4)27(11-3)34(39-35)30(14-6)33(22)38-25;;;;/h17-21,39H,9-16H2,1-8H3;3*1H;/q;;;;+3/p-3. The maximum atomic E-state index is 5.22. The number of H-pyrrole nitrogens is 1. The first-order valence-corrected chi connectivity index (χ1v) is 15.7. The quantitative estimate of drug-likeness (QED) is 0.270. The summed E-state index contributed by atoms with van der Waals surface area (Å²) in [5.74, 6) is 0. The summed E-state index contributed by atoms with van der Waals surface area (Å²) in [7, 11) is 0. The van der Waals surface area contributed by atoms with Crippen molar-refractivity contribution < 1.29 is 54.3 Å². The van der Waals surface area contributed by atoms with Gasteiger partial charge in [0.15, 0.2) is 0 Å². The minimum atomic E-state index is 0. The van der Waals surface area contributed by atoms with E-state index < -0.39 is 0 Å². The molecule has 239 valence electrons. The van der Waals surface area contributed by atoms with Crippen LogP contribution < -0.4 is 37.2 Å². The Balaban J connectivity index is 0.00000242. The van der Waals surface area contributed by atoms with Crippen molar-refractivity contribution in [3.63, 3.8) is 0 Å². The van der Waals surface area contributed by atoms with E-state index in [1.165, 1.54) is 61.0 Å². The molecular formula is C36H46Cl3FeN4. The van der Waals surface area contributed by atoms with Gasteiger partial charge in [-0.1, -0.05) is 48.5 Å². The van der Waals surface area contributed by atoms with Crippen molar-refractivity contribution in [2.24, 2.45) is 0 Å². The molecule has 0 amide bonds. The Hall–Kier alpha value is -2.01. The number of hydrogen-bond acceptors (Lipinski definition) is 2. The maximum Gasteiger partial charge on any atom is 3.00 e. The van der Waals surface area contributed by atoms with Crippen LogP contribution in [0.15, 0.2) is 12.1 Å². The van der Waals surface area contributed by atoms with Gasteiger partial charge in [-0.3, -0.25) is 0 Å². The van der Waals surface area contributed by atoms with E-state index in [4.69, 9.17) is 9.97 Å². The first-order chi connectivity index (χ1) is 19.5. The summed E-state index contributed by atoms with van der Waals surface area (Å²) in [4.78, 5) is 14.3. The molecule has 0 saturated carbocycles. The minimum absolute atomic E-state index is 0. The Labute approximate surface area is 293 Å². The second kappa shape index (κ2) is 17.1. The number of fused-ring (bicyclic) bond motifs is 8. The van der Waals surface area contributed by atoms with Gasteiger partial charge < -0.3 is 46.8 Å². The summed E-state index contributed by atoms with van der Waals surface area (Å²) in [5.41, 5.74) is 19.4. The first kappa shape index (κ1) is 40.0. The molecule has 3 aromatic rings. The van der Waals surface area contributed by atoms with E-state index in [9.17, 15) is 0 Å². The first-order valence-electron chi connectivity index (χ1n) is 15.7. The van der Waals surface area contributed by atoms with Crippen molar-refractivity contribution in [3.05, 3.63) is 68.3 Å². The number of aryl methyl sites for hydroxylation is 7. The Kier molecular flexibility index (Phi) is 15.5. The molecule has 1 radical (unpaired) electrons. The van der Waals surface area contributed by atoms with Crippen LogP contribution in [0.2, 0.25) is 0 Å². The van der Waals surface area contributed by atoms with Gasteiger partial charge in [-0.2, -0.15) is 0 Å². The molecule has 0 unspecified atom stereocenters. The molecule has 1 N–H and O–H groups in total. The van der Waals surface area contributed by atoms with Gasteiger partial charge in [-0.15, -0.1) is 0 Å². The Morgan fingerprint density at radius 3 is 1.59 bits per heavy atom. The normalized spacial score (nSPS) is 11.7. The number of aromatic amines is 1. The fraction of sp³-hybridized carbons (Fsp3) is 0.444. The maximum absolute atomic E-state index is 5.22. The largest absolute Gasteiger partial charge is 3.00 e. The number of hydrogen-bond donors (Lipinski definition) is 1. The fourth-order valence-electron chi connectivity index (χ4n) is 7.09. The van der Waals surface area contributed by atoms with Crippen molar-refractivity contribution in [3.8, 4) is 0 Å². The molecule has 0 spiro atoms. The van der Waals surface area contributed by atoms with E-state index in [0.29, 0.717) is 0 Å². The number of nitrogens with zero attached hydrogens (tertiary/aromatic N) is 3. The topological polar surface area (TPSA) is 46.5 Å². The van der Waals surface area contributed by atoms with Crippen LogP contribution in [0.3, 0.4) is 0 Å². The van der Waals surface area contributed by atoms with Crippen LogP contribution in [0, 0.1) is 0 Å². The van der Waals surface area contributed by atoms with Gasteiger partial charge >= 0.3 is 17.1 Å². The van der Waals surface area contributed by atoms with Crippen molar-refractivity contribution in [1.29, 1.82) is 0 Å². The van der Waals surface area contributed by atoms with Gasteiger partial charge in [-0.05, 0) is 116 Å². The van der Waals surface area contributed by atoms with Gasteiger partial charge in [0.25, 0.3) is 0 Å². The van der Waals surface area contributed by atoms with Crippen LogP contribution in [0.4, 0.5) is 0 Å². The van der Waals surface area contributed by atoms with Crippen LogP contribution in [-0.4, -0.2) is 19.5 Å². The smallest absolute Gasteiger partial charge is 1.00 e. The molecule has 0 saturated heterocycles. The molecule has 0 aliphatic carbocycles. The van der Waals surface area contributed by atoms with Crippen LogP contribution in [-0.2, 0) is 62.1 Å². The van der Waals surface area contributed by atoms with E-state index in [-0.39, 0.29) is 54.3 Å². The van der Waals surface area contributed by atoms with Gasteiger partial charge in [0, 0.05) is 34.2 Å². The zero-order valence-electron chi connectivity index (χ0n) is 27.4. The Morgan fingerprint density at radius 2 is 1.09 bits per heavy atom. The average molecular weight is 697 g/mol. The van der Waals surface area contributed by atoms with Gasteiger partial charge in [0.05, 0.1) is 22.8 Å². The van der Waals surface area contributed by atoms with Gasteiger partial charge in [-0.25, -0.2) is 9.97 Å². The summed E-state index contributed by atoms with van der Waals surface area (Å²) >= 11 is 0. The van der Waals surface area contributed by atoms with Crippen molar-refractivity contribution in [2.75, 3.05) is 0 Å². The molecule has 44 heavy (non-hydrogen) atoms. The molecule has 2 aliphatic heterocycles. The second-order valence-corrected chi connectivity index (χ2v) is 10.8. The van der Waals surface area contributed by atoms with E-state index in [2.05, 4.69) is 95.3 Å². The zero-order valence-corrected chi connectivity index (χ0v) is 30.7. The SMILES string of the molecule is CCC1=Cc2cc3nc(cc4c(CC)c(CC)c(c(CC)c5[nH]c(c(CC)c1n2)c(CC)c5CC)n4CC)C=C3.[Cl-].[Cl-].[Cl-].[Fe+3]. The van der Waals surface area contributed by atoms with Crippen LogP contribution in [0.5, 0.6) is 0 Å². The molecule has 5 heterocycles. The van der Waals surface area contributed by atoms with E-state index in [0.717, 1.165) is 74.3 Å². The number of rotatable bonds is 8. The summed E-state index contributed by atoms with van der Waals surface area (Å²) in [6.45, 7) is 19.3. The summed E-state index contributed by atoms with van der Waals surface area (Å²) in [6.07, 6.45) is 13.5. The van der Waals surface area contributed by atoms with E-state index >= 15 is 0 Å². The van der Waals surface area contributed by atoms with Crippen molar-refractivity contribution in [2.45, 2.75) is 107 Å². The Bertz CT molecular complexity index is 1700. The fourth-order valence-corrected chi connectivity index (χ4v) is 7.09. The zero-order chi connectivity index (χ0) is 28.6. The van der Waals surface area contributed by atoms with E-state index in [1.54, 1.807) is 0 Å². The number of aromatic nitrogens is 4. The van der Waals surface area contributed by atoms with Crippen molar-refractivity contribution >= 4 is 45.9 Å². The number of allylic oxidation sites excluding steroid dienone is 1.